The van der Waals surface area contributed by atoms with Gasteiger partial charge >= 0.3 is 5.97 Å². The van der Waals surface area contributed by atoms with Gasteiger partial charge in [0.05, 0.1) is 5.75 Å². The summed E-state index contributed by atoms with van der Waals surface area (Å²) in [5.74, 6) is -0.0556. The fraction of sp³-hybridized carbons (Fsp3) is 0.917. The van der Waals surface area contributed by atoms with Crippen LogP contribution in [0.5, 0.6) is 0 Å². The zero-order valence-corrected chi connectivity index (χ0v) is 11.7. The lowest BCUT2D eigenvalue weighted by atomic mass is 9.81. The van der Waals surface area contributed by atoms with E-state index in [0.29, 0.717) is 18.4 Å². The molecule has 0 aliphatic heterocycles. The molecule has 0 saturated heterocycles. The van der Waals surface area contributed by atoms with E-state index in [1.165, 1.54) is 19.3 Å². The lowest BCUT2D eigenvalue weighted by Gasteiger charge is -2.28. The van der Waals surface area contributed by atoms with Crippen molar-refractivity contribution in [2.45, 2.75) is 45.4 Å². The highest BCUT2D eigenvalue weighted by Gasteiger charge is 2.22. The molecule has 1 rings (SSSR count). The first-order valence-electron chi connectivity index (χ1n) is 6.60. The number of carbonyl (C=O) groups is 1. The molecule has 0 amide bonds. The highest BCUT2D eigenvalue weighted by Crippen LogP contribution is 2.28. The van der Waals surface area contributed by atoms with Crippen LogP contribution in [0, 0.1) is 11.8 Å². The molecule has 1 fully saturated rings. The molecule has 0 spiro atoms. The second-order valence-corrected chi connectivity index (χ2v) is 7.11. The van der Waals surface area contributed by atoms with E-state index in [0.717, 1.165) is 6.42 Å². The maximum atomic E-state index is 11.7. The summed E-state index contributed by atoms with van der Waals surface area (Å²) in [6.07, 6.45) is 4.74. The first-order chi connectivity index (χ1) is 8.41. The second kappa shape index (κ2) is 7.09. The molecule has 18 heavy (non-hydrogen) atoms. The lowest BCUT2D eigenvalue weighted by molar-refractivity contribution is -0.137. The van der Waals surface area contributed by atoms with Crippen LogP contribution in [0.1, 0.15) is 45.4 Å². The summed E-state index contributed by atoms with van der Waals surface area (Å²) in [6, 6.07) is 0. The summed E-state index contributed by atoms with van der Waals surface area (Å²) in [4.78, 5) is 10.3. The van der Waals surface area contributed by atoms with Gasteiger partial charge < -0.3 is 5.11 Å². The van der Waals surface area contributed by atoms with Crippen molar-refractivity contribution in [1.29, 1.82) is 0 Å². The Bertz CT molecular complexity index is 366. The fourth-order valence-corrected chi connectivity index (χ4v) is 3.55. The van der Waals surface area contributed by atoms with E-state index in [1.54, 1.807) is 0 Å². The van der Waals surface area contributed by atoms with Crippen LogP contribution in [-0.4, -0.2) is 31.8 Å². The van der Waals surface area contributed by atoms with Gasteiger partial charge in [0.15, 0.2) is 0 Å². The second-order valence-electron chi connectivity index (χ2n) is 5.19. The maximum Gasteiger partial charge on any atom is 0.303 e. The van der Waals surface area contributed by atoms with Crippen molar-refractivity contribution in [3.63, 3.8) is 0 Å². The Labute approximate surface area is 109 Å². The predicted molar refractivity (Wildman–Crippen MR) is 69.8 cm³/mol. The number of aliphatic carboxylic acids is 1. The zero-order chi connectivity index (χ0) is 13.6. The average Bonchev–Trinajstić information content (AvgIpc) is 2.27. The molecule has 6 heteroatoms. The quantitative estimate of drug-likeness (QED) is 0.740. The molecular weight excluding hydrogens is 254 g/mol. The fourth-order valence-electron chi connectivity index (χ4n) is 2.42. The van der Waals surface area contributed by atoms with Crippen molar-refractivity contribution in [1.82, 2.24) is 4.72 Å². The van der Waals surface area contributed by atoms with E-state index in [-0.39, 0.29) is 18.6 Å². The monoisotopic (exact) mass is 277 g/mol. The molecule has 2 atom stereocenters. The van der Waals surface area contributed by atoms with Gasteiger partial charge in [-0.1, -0.05) is 26.2 Å². The Morgan fingerprint density at radius 1 is 1.33 bits per heavy atom. The summed E-state index contributed by atoms with van der Waals surface area (Å²) in [6.45, 7) is 2.67. The van der Waals surface area contributed by atoms with E-state index < -0.39 is 16.0 Å². The molecule has 5 nitrogen and oxygen atoms in total. The molecule has 2 unspecified atom stereocenters. The molecule has 0 aromatic rings. The summed E-state index contributed by atoms with van der Waals surface area (Å²) in [5.41, 5.74) is 0. The molecule has 106 valence electrons. The zero-order valence-electron chi connectivity index (χ0n) is 10.9. The van der Waals surface area contributed by atoms with Crippen LogP contribution in [0.4, 0.5) is 0 Å². The van der Waals surface area contributed by atoms with Crippen LogP contribution in [0.2, 0.25) is 0 Å². The van der Waals surface area contributed by atoms with Gasteiger partial charge in [0, 0.05) is 13.0 Å². The first-order valence-corrected chi connectivity index (χ1v) is 8.25. The van der Waals surface area contributed by atoms with Crippen molar-refractivity contribution >= 4 is 16.0 Å². The number of nitrogens with one attached hydrogen (secondary N) is 1. The minimum absolute atomic E-state index is 0.0965. The Morgan fingerprint density at radius 3 is 2.61 bits per heavy atom. The van der Waals surface area contributed by atoms with Crippen molar-refractivity contribution in [2.75, 3.05) is 12.3 Å². The van der Waals surface area contributed by atoms with E-state index in [4.69, 9.17) is 5.11 Å². The van der Waals surface area contributed by atoms with Gasteiger partial charge in [-0.2, -0.15) is 0 Å². The molecular formula is C12H23NO4S. The van der Waals surface area contributed by atoms with Crippen molar-refractivity contribution in [3.8, 4) is 0 Å². The molecule has 0 aromatic heterocycles. The third-order valence-electron chi connectivity index (χ3n) is 3.66. The Morgan fingerprint density at radius 2 is 2.00 bits per heavy atom. The van der Waals surface area contributed by atoms with Crippen LogP contribution in [-0.2, 0) is 14.8 Å². The normalized spacial score (nSPS) is 24.9. The van der Waals surface area contributed by atoms with Gasteiger partial charge in [0.25, 0.3) is 0 Å². The van der Waals surface area contributed by atoms with Crippen LogP contribution >= 0.6 is 0 Å². The van der Waals surface area contributed by atoms with Crippen molar-refractivity contribution in [3.05, 3.63) is 0 Å². The minimum Gasteiger partial charge on any atom is -0.481 e. The van der Waals surface area contributed by atoms with Crippen molar-refractivity contribution < 1.29 is 18.3 Å². The Balaban J connectivity index is 2.29. The van der Waals surface area contributed by atoms with Crippen LogP contribution < -0.4 is 4.72 Å². The van der Waals surface area contributed by atoms with Gasteiger partial charge in [0.1, 0.15) is 0 Å². The third-order valence-corrected chi connectivity index (χ3v) is 5.09. The topological polar surface area (TPSA) is 83.5 Å². The molecule has 1 aliphatic rings. The standard InChI is InChI=1S/C12H23NO4S/c1-10-5-2-3-6-11(10)9-13-18(16,17)8-4-7-12(14)15/h10-11,13H,2-9H2,1H3,(H,14,15). The molecule has 0 bridgehead atoms. The van der Waals surface area contributed by atoms with Crippen LogP contribution in [0.25, 0.3) is 0 Å². The summed E-state index contributed by atoms with van der Waals surface area (Å²) in [7, 11) is -3.31. The van der Waals surface area contributed by atoms with Gasteiger partial charge in [0.2, 0.25) is 10.0 Å². The highest BCUT2D eigenvalue weighted by atomic mass is 32.2. The number of carboxylic acids is 1. The summed E-state index contributed by atoms with van der Waals surface area (Å²) < 4.78 is 25.9. The number of carboxylic acid groups (broad SMARTS) is 1. The molecule has 1 saturated carbocycles. The van der Waals surface area contributed by atoms with Crippen LogP contribution in [0.3, 0.4) is 0 Å². The Hall–Kier alpha value is -0.620. The maximum absolute atomic E-state index is 11.7. The van der Waals surface area contributed by atoms with E-state index in [2.05, 4.69) is 11.6 Å². The summed E-state index contributed by atoms with van der Waals surface area (Å²) in [5, 5.41) is 8.46. The number of hydrogen-bond acceptors (Lipinski definition) is 3. The third kappa shape index (κ3) is 5.82. The Kier molecular flexibility index (Phi) is 6.08. The first kappa shape index (κ1) is 15.4. The molecule has 1 aliphatic carbocycles. The van der Waals surface area contributed by atoms with E-state index in [9.17, 15) is 13.2 Å². The largest absolute Gasteiger partial charge is 0.481 e. The number of sulfonamides is 1. The highest BCUT2D eigenvalue weighted by molar-refractivity contribution is 7.89. The number of rotatable bonds is 7. The molecule has 0 radical (unpaired) electrons. The minimum atomic E-state index is -3.31. The van der Waals surface area contributed by atoms with Gasteiger partial charge in [-0.05, 0) is 24.7 Å². The van der Waals surface area contributed by atoms with Gasteiger partial charge in [-0.3, -0.25) is 4.79 Å². The SMILES string of the molecule is CC1CCCCC1CNS(=O)(=O)CCCC(=O)O. The number of hydrogen-bond donors (Lipinski definition) is 2. The van der Waals surface area contributed by atoms with E-state index >= 15 is 0 Å². The molecule has 0 aromatic carbocycles. The van der Waals surface area contributed by atoms with Gasteiger partial charge in [-0.25, -0.2) is 13.1 Å². The summed E-state index contributed by atoms with van der Waals surface area (Å²) >= 11 is 0. The van der Waals surface area contributed by atoms with Gasteiger partial charge in [-0.15, -0.1) is 0 Å². The molecule has 0 heterocycles. The predicted octanol–water partition coefficient (Wildman–Crippen LogP) is 1.60. The van der Waals surface area contributed by atoms with Crippen molar-refractivity contribution in [2.24, 2.45) is 11.8 Å². The smallest absolute Gasteiger partial charge is 0.303 e. The molecule has 2 N–H and O–H groups in total. The van der Waals surface area contributed by atoms with Crippen LogP contribution in [0.15, 0.2) is 0 Å². The van der Waals surface area contributed by atoms with E-state index in [1.807, 2.05) is 0 Å². The lowest BCUT2D eigenvalue weighted by Crippen LogP contribution is -2.34. The average molecular weight is 277 g/mol.